The van der Waals surface area contributed by atoms with E-state index in [0.29, 0.717) is 0 Å². The molecule has 0 aromatic carbocycles. The number of hydrogen-bond acceptors (Lipinski definition) is 6. The predicted octanol–water partition coefficient (Wildman–Crippen LogP) is 1.18. The maximum absolute atomic E-state index is 11.4. The monoisotopic (exact) mass is 243 g/mol. The summed E-state index contributed by atoms with van der Waals surface area (Å²) in [6.07, 6.45) is 0. The fraction of sp³-hybridized carbons (Fsp3) is 0.400. The van der Waals surface area contributed by atoms with Gasteiger partial charge in [0.05, 0.1) is 13.2 Å². The van der Waals surface area contributed by atoms with E-state index < -0.39 is 17.7 Å². The summed E-state index contributed by atoms with van der Waals surface area (Å²) in [6, 6.07) is 1.09. The highest BCUT2D eigenvalue weighted by Crippen LogP contribution is 2.27. The largest absolute Gasteiger partial charge is 0.871 e. The standard InChI is InChI=1S/C10H12O5S/c1-3-14-9(12)7-5-6(11)8(16-7)10(13)15-4-2/h5,11H,3-4H2,1-2H3/p-1. The minimum Gasteiger partial charge on any atom is -0.871 e. The Labute approximate surface area is 96.6 Å². The van der Waals surface area contributed by atoms with E-state index in [1.165, 1.54) is 0 Å². The van der Waals surface area contributed by atoms with Crippen molar-refractivity contribution in [3.05, 3.63) is 15.8 Å². The first kappa shape index (κ1) is 12.5. The first-order valence-electron chi connectivity index (χ1n) is 4.75. The van der Waals surface area contributed by atoms with E-state index in [-0.39, 0.29) is 23.0 Å². The minimum atomic E-state index is -0.701. The Bertz CT molecular complexity index is 396. The highest BCUT2D eigenvalue weighted by atomic mass is 32.1. The van der Waals surface area contributed by atoms with Gasteiger partial charge in [-0.25, -0.2) is 9.59 Å². The number of carbonyl (C=O) groups is 2. The Hall–Kier alpha value is -1.56. The van der Waals surface area contributed by atoms with Crippen molar-refractivity contribution in [2.45, 2.75) is 13.8 Å². The molecule has 0 saturated heterocycles. The van der Waals surface area contributed by atoms with E-state index in [1.54, 1.807) is 13.8 Å². The van der Waals surface area contributed by atoms with E-state index in [0.717, 1.165) is 17.4 Å². The van der Waals surface area contributed by atoms with Crippen LogP contribution < -0.4 is 5.11 Å². The summed E-state index contributed by atoms with van der Waals surface area (Å²) >= 11 is 0.794. The Morgan fingerprint density at radius 3 is 2.38 bits per heavy atom. The average molecular weight is 243 g/mol. The van der Waals surface area contributed by atoms with Crippen LogP contribution in [-0.4, -0.2) is 25.2 Å². The van der Waals surface area contributed by atoms with Crippen molar-refractivity contribution in [1.29, 1.82) is 0 Å². The molecule has 0 bridgehead atoms. The normalized spacial score (nSPS) is 9.88. The third kappa shape index (κ3) is 2.73. The topological polar surface area (TPSA) is 75.7 Å². The van der Waals surface area contributed by atoms with Crippen LogP contribution >= 0.6 is 11.3 Å². The summed E-state index contributed by atoms with van der Waals surface area (Å²) in [5, 5.41) is 11.4. The van der Waals surface area contributed by atoms with Gasteiger partial charge in [-0.2, -0.15) is 0 Å². The molecule has 0 fully saturated rings. The molecule has 0 spiro atoms. The van der Waals surface area contributed by atoms with Gasteiger partial charge in [0.15, 0.2) is 0 Å². The van der Waals surface area contributed by atoms with Crippen molar-refractivity contribution < 1.29 is 24.2 Å². The molecule has 0 saturated carbocycles. The zero-order chi connectivity index (χ0) is 12.1. The number of ether oxygens (including phenoxy) is 2. The maximum atomic E-state index is 11.4. The first-order valence-corrected chi connectivity index (χ1v) is 5.56. The first-order chi connectivity index (χ1) is 7.60. The number of esters is 2. The molecule has 1 heterocycles. The van der Waals surface area contributed by atoms with Crippen molar-refractivity contribution in [1.82, 2.24) is 0 Å². The Morgan fingerprint density at radius 2 is 1.81 bits per heavy atom. The van der Waals surface area contributed by atoms with Crippen molar-refractivity contribution >= 4 is 23.3 Å². The van der Waals surface area contributed by atoms with Gasteiger partial charge < -0.3 is 14.6 Å². The molecule has 0 aliphatic rings. The van der Waals surface area contributed by atoms with E-state index in [1.807, 2.05) is 0 Å². The summed E-state index contributed by atoms with van der Waals surface area (Å²) < 4.78 is 9.40. The van der Waals surface area contributed by atoms with Crippen LogP contribution in [0.5, 0.6) is 5.75 Å². The second-order valence-electron chi connectivity index (χ2n) is 2.74. The molecule has 0 radical (unpaired) electrons. The average Bonchev–Trinajstić information content (AvgIpc) is 2.61. The van der Waals surface area contributed by atoms with Crippen LogP contribution in [0.2, 0.25) is 0 Å². The van der Waals surface area contributed by atoms with Crippen molar-refractivity contribution in [3.8, 4) is 5.75 Å². The molecule has 0 N–H and O–H groups in total. The molecule has 1 aromatic rings. The molecule has 6 heteroatoms. The number of carbonyl (C=O) groups excluding carboxylic acids is 2. The van der Waals surface area contributed by atoms with Crippen LogP contribution in [-0.2, 0) is 9.47 Å². The van der Waals surface area contributed by atoms with Gasteiger partial charge >= 0.3 is 11.9 Å². The van der Waals surface area contributed by atoms with E-state index >= 15 is 0 Å². The second-order valence-corrected chi connectivity index (χ2v) is 3.80. The van der Waals surface area contributed by atoms with Crippen LogP contribution in [0, 0.1) is 0 Å². The number of rotatable bonds is 4. The SMILES string of the molecule is CCOC(=O)c1cc([O-])c(C(=O)OCC)s1. The third-order valence-electron chi connectivity index (χ3n) is 1.64. The molecule has 1 aromatic heterocycles. The highest BCUT2D eigenvalue weighted by molar-refractivity contribution is 7.16. The lowest BCUT2D eigenvalue weighted by Crippen LogP contribution is -2.05. The van der Waals surface area contributed by atoms with Gasteiger partial charge in [0.2, 0.25) is 0 Å². The van der Waals surface area contributed by atoms with Gasteiger partial charge in [0.1, 0.15) is 9.75 Å². The van der Waals surface area contributed by atoms with Crippen LogP contribution in [0.3, 0.4) is 0 Å². The van der Waals surface area contributed by atoms with Gasteiger partial charge in [-0.05, 0) is 19.9 Å². The Balaban J connectivity index is 2.89. The summed E-state index contributed by atoms with van der Waals surface area (Å²) in [5.74, 6) is -1.81. The Kier molecular flexibility index (Phi) is 4.30. The molecule has 0 unspecified atom stereocenters. The summed E-state index contributed by atoms with van der Waals surface area (Å²) in [6.45, 7) is 3.71. The molecule has 1 rings (SSSR count). The second kappa shape index (κ2) is 5.50. The van der Waals surface area contributed by atoms with Crippen LogP contribution in [0.15, 0.2) is 6.07 Å². The van der Waals surface area contributed by atoms with Gasteiger partial charge in [-0.15, -0.1) is 11.3 Å². The lowest BCUT2D eigenvalue weighted by atomic mass is 10.4. The van der Waals surface area contributed by atoms with Crippen molar-refractivity contribution in [2.75, 3.05) is 13.2 Å². The van der Waals surface area contributed by atoms with Crippen LogP contribution in [0.4, 0.5) is 0 Å². The fourth-order valence-corrected chi connectivity index (χ4v) is 1.85. The number of thiophene rings is 1. The van der Waals surface area contributed by atoms with Crippen LogP contribution in [0.1, 0.15) is 33.2 Å². The maximum Gasteiger partial charge on any atom is 0.348 e. The molecular formula is C10H11O5S-. The summed E-state index contributed by atoms with van der Waals surface area (Å²) in [4.78, 5) is 22.6. The third-order valence-corrected chi connectivity index (χ3v) is 2.71. The smallest absolute Gasteiger partial charge is 0.348 e. The zero-order valence-electron chi connectivity index (χ0n) is 8.94. The molecule has 16 heavy (non-hydrogen) atoms. The zero-order valence-corrected chi connectivity index (χ0v) is 9.76. The number of hydrogen-bond donors (Lipinski definition) is 0. The lowest BCUT2D eigenvalue weighted by Gasteiger charge is -2.04. The lowest BCUT2D eigenvalue weighted by molar-refractivity contribution is -0.268. The molecule has 0 atom stereocenters. The molecule has 5 nitrogen and oxygen atoms in total. The van der Waals surface area contributed by atoms with E-state index in [9.17, 15) is 14.7 Å². The summed E-state index contributed by atoms with van der Waals surface area (Å²) in [7, 11) is 0. The molecular weight excluding hydrogens is 232 g/mol. The summed E-state index contributed by atoms with van der Waals surface area (Å²) in [5.41, 5.74) is 0. The molecule has 0 amide bonds. The van der Waals surface area contributed by atoms with Gasteiger partial charge in [0.25, 0.3) is 0 Å². The van der Waals surface area contributed by atoms with Gasteiger partial charge in [0, 0.05) is 0 Å². The highest BCUT2D eigenvalue weighted by Gasteiger charge is 2.16. The predicted molar refractivity (Wildman–Crippen MR) is 55.7 cm³/mol. The van der Waals surface area contributed by atoms with Crippen molar-refractivity contribution in [3.63, 3.8) is 0 Å². The molecule has 88 valence electrons. The van der Waals surface area contributed by atoms with Gasteiger partial charge in [-0.1, -0.05) is 5.75 Å². The van der Waals surface area contributed by atoms with Crippen LogP contribution in [0.25, 0.3) is 0 Å². The van der Waals surface area contributed by atoms with E-state index in [2.05, 4.69) is 4.74 Å². The fourth-order valence-electron chi connectivity index (χ4n) is 1.02. The Morgan fingerprint density at radius 1 is 1.25 bits per heavy atom. The van der Waals surface area contributed by atoms with E-state index in [4.69, 9.17) is 4.74 Å². The van der Waals surface area contributed by atoms with Gasteiger partial charge in [-0.3, -0.25) is 0 Å². The van der Waals surface area contributed by atoms with Crippen molar-refractivity contribution in [2.24, 2.45) is 0 Å². The minimum absolute atomic E-state index is 0.0927. The quantitative estimate of drug-likeness (QED) is 0.742. The molecule has 0 aliphatic carbocycles. The molecule has 0 aliphatic heterocycles.